The number of carbonyl (C=O) groups excluding carboxylic acids is 1. The molecular weight excluding hydrogens is 390 g/mol. The van der Waals surface area contributed by atoms with Crippen LogP contribution in [-0.2, 0) is 4.79 Å². The van der Waals surface area contributed by atoms with Crippen molar-refractivity contribution in [3.63, 3.8) is 0 Å². The van der Waals surface area contributed by atoms with Gasteiger partial charge in [-0.2, -0.15) is 5.10 Å². The Labute approximate surface area is 173 Å². The second-order valence-electron chi connectivity index (χ2n) is 5.88. The number of para-hydroxylation sites is 1. The van der Waals surface area contributed by atoms with Gasteiger partial charge in [0.2, 0.25) is 11.7 Å². The normalized spacial score (nSPS) is 10.9. The molecule has 1 heterocycles. The van der Waals surface area contributed by atoms with Gasteiger partial charge in [0.1, 0.15) is 0 Å². The van der Waals surface area contributed by atoms with Gasteiger partial charge in [-0.05, 0) is 24.3 Å². The van der Waals surface area contributed by atoms with Gasteiger partial charge in [-0.3, -0.25) is 4.79 Å². The van der Waals surface area contributed by atoms with Crippen LogP contribution in [0.1, 0.15) is 5.56 Å². The summed E-state index contributed by atoms with van der Waals surface area (Å²) in [5.41, 5.74) is 4.11. The number of nitrogens with one attached hydrogen (secondary N) is 1. The minimum atomic E-state index is -0.228. The van der Waals surface area contributed by atoms with Gasteiger partial charge in [-0.15, -0.1) is 0 Å². The van der Waals surface area contributed by atoms with Crippen LogP contribution in [0.4, 0.5) is 0 Å². The van der Waals surface area contributed by atoms with E-state index in [0.717, 1.165) is 15.9 Å². The van der Waals surface area contributed by atoms with E-state index < -0.39 is 0 Å². The van der Waals surface area contributed by atoms with Crippen LogP contribution in [0.25, 0.3) is 10.9 Å². The average Bonchev–Trinajstić information content (AvgIpc) is 2.76. The maximum absolute atomic E-state index is 12.1. The summed E-state index contributed by atoms with van der Waals surface area (Å²) in [4.78, 5) is 16.6. The van der Waals surface area contributed by atoms with Gasteiger partial charge in [0.05, 0.1) is 43.8 Å². The quantitative estimate of drug-likeness (QED) is 0.347. The van der Waals surface area contributed by atoms with Crippen LogP contribution in [0.5, 0.6) is 17.2 Å². The summed E-state index contributed by atoms with van der Waals surface area (Å²) in [6, 6.07) is 15.2. The lowest BCUT2D eigenvalue weighted by Gasteiger charge is -2.12. The highest BCUT2D eigenvalue weighted by Crippen LogP contribution is 2.37. The molecule has 0 bridgehead atoms. The number of fused-ring (bicyclic) bond motifs is 1. The van der Waals surface area contributed by atoms with Gasteiger partial charge in [0, 0.05) is 10.9 Å². The fourth-order valence-corrected chi connectivity index (χ4v) is 3.32. The summed E-state index contributed by atoms with van der Waals surface area (Å²) >= 11 is 1.35. The number of carbonyl (C=O) groups is 1. The molecule has 3 rings (SSSR count). The predicted octanol–water partition coefficient (Wildman–Crippen LogP) is 3.50. The number of hydrogen-bond acceptors (Lipinski definition) is 7. The predicted molar refractivity (Wildman–Crippen MR) is 114 cm³/mol. The van der Waals surface area contributed by atoms with Crippen LogP contribution in [-0.4, -0.2) is 44.2 Å². The number of nitrogens with zero attached hydrogens (tertiary/aromatic N) is 2. The first-order valence-electron chi connectivity index (χ1n) is 8.75. The Hall–Kier alpha value is -3.26. The standard InChI is InChI=1S/C21H21N3O4S/c1-26-17-10-14(11-18(27-2)21(17)28-3)12-22-24-19(25)13-29-20-9-8-15-6-4-5-7-16(15)23-20/h4-12H,13H2,1-3H3,(H,24,25). The molecule has 1 N–H and O–H groups in total. The molecule has 0 saturated heterocycles. The highest BCUT2D eigenvalue weighted by molar-refractivity contribution is 7.99. The Kier molecular flexibility index (Phi) is 6.91. The van der Waals surface area contributed by atoms with Crippen LogP contribution < -0.4 is 19.6 Å². The number of hydrogen-bond donors (Lipinski definition) is 1. The molecule has 0 radical (unpaired) electrons. The molecule has 29 heavy (non-hydrogen) atoms. The SMILES string of the molecule is COc1cc(C=NNC(=O)CSc2ccc3ccccc3n2)cc(OC)c1OC. The van der Waals surface area contributed by atoms with Crippen molar-refractivity contribution in [3.8, 4) is 17.2 Å². The number of ether oxygens (including phenoxy) is 3. The zero-order chi connectivity index (χ0) is 20.6. The molecule has 2 aromatic carbocycles. The summed E-state index contributed by atoms with van der Waals surface area (Å²) in [6.07, 6.45) is 1.52. The molecule has 1 aromatic heterocycles. The van der Waals surface area contributed by atoms with Crippen LogP contribution in [0.3, 0.4) is 0 Å². The summed E-state index contributed by atoms with van der Waals surface area (Å²) in [6.45, 7) is 0. The third-order valence-corrected chi connectivity index (χ3v) is 4.94. The van der Waals surface area contributed by atoms with Crippen molar-refractivity contribution in [1.82, 2.24) is 10.4 Å². The van der Waals surface area contributed by atoms with Crippen LogP contribution in [0.2, 0.25) is 0 Å². The number of thioether (sulfide) groups is 1. The third kappa shape index (κ3) is 5.17. The first kappa shape index (κ1) is 20.5. The fourth-order valence-electron chi connectivity index (χ4n) is 2.65. The van der Waals surface area contributed by atoms with E-state index in [1.54, 1.807) is 12.1 Å². The second-order valence-corrected chi connectivity index (χ2v) is 6.88. The lowest BCUT2D eigenvalue weighted by Crippen LogP contribution is -2.19. The molecular formula is C21H21N3O4S. The van der Waals surface area contributed by atoms with E-state index >= 15 is 0 Å². The fraction of sp³-hybridized carbons (Fsp3) is 0.190. The Bertz CT molecular complexity index is 1010. The van der Waals surface area contributed by atoms with Crippen molar-refractivity contribution >= 4 is 34.8 Å². The summed E-state index contributed by atoms with van der Waals surface area (Å²) in [7, 11) is 4.62. The van der Waals surface area contributed by atoms with Crippen molar-refractivity contribution < 1.29 is 19.0 Å². The number of aromatic nitrogens is 1. The van der Waals surface area contributed by atoms with E-state index in [1.807, 2.05) is 36.4 Å². The average molecular weight is 411 g/mol. The molecule has 0 spiro atoms. The Morgan fingerprint density at radius 3 is 2.48 bits per heavy atom. The van der Waals surface area contributed by atoms with Gasteiger partial charge in [0.15, 0.2) is 11.5 Å². The van der Waals surface area contributed by atoms with Gasteiger partial charge in [0.25, 0.3) is 0 Å². The molecule has 150 valence electrons. The maximum Gasteiger partial charge on any atom is 0.250 e. The third-order valence-electron chi connectivity index (χ3n) is 4.01. The molecule has 0 aliphatic heterocycles. The van der Waals surface area contributed by atoms with Crippen LogP contribution in [0.15, 0.2) is 58.7 Å². The Balaban J connectivity index is 1.59. The molecule has 0 aliphatic carbocycles. The minimum absolute atomic E-state index is 0.206. The van der Waals surface area contributed by atoms with Crippen LogP contribution >= 0.6 is 11.8 Å². The number of rotatable bonds is 8. The highest BCUT2D eigenvalue weighted by Gasteiger charge is 2.12. The van der Waals surface area contributed by atoms with E-state index in [4.69, 9.17) is 14.2 Å². The van der Waals surface area contributed by atoms with Gasteiger partial charge < -0.3 is 14.2 Å². The van der Waals surface area contributed by atoms with Crippen molar-refractivity contribution in [1.29, 1.82) is 0 Å². The summed E-state index contributed by atoms with van der Waals surface area (Å²) < 4.78 is 15.9. The van der Waals surface area contributed by atoms with E-state index in [1.165, 1.54) is 39.3 Å². The van der Waals surface area contributed by atoms with Crippen LogP contribution in [0, 0.1) is 0 Å². The molecule has 1 amide bonds. The minimum Gasteiger partial charge on any atom is -0.493 e. The first-order valence-corrected chi connectivity index (χ1v) is 9.73. The summed E-state index contributed by atoms with van der Waals surface area (Å²) in [5, 5.41) is 5.85. The van der Waals surface area contributed by atoms with Crippen molar-refractivity contribution in [3.05, 3.63) is 54.1 Å². The van der Waals surface area contributed by atoms with Gasteiger partial charge in [-0.1, -0.05) is 36.0 Å². The monoisotopic (exact) mass is 411 g/mol. The molecule has 7 nitrogen and oxygen atoms in total. The van der Waals surface area contributed by atoms with Crippen molar-refractivity contribution in [2.45, 2.75) is 5.03 Å². The van der Waals surface area contributed by atoms with Gasteiger partial charge in [-0.25, -0.2) is 10.4 Å². The molecule has 0 aliphatic rings. The van der Waals surface area contributed by atoms with Gasteiger partial charge >= 0.3 is 0 Å². The second kappa shape index (κ2) is 9.79. The number of benzene rings is 2. The molecule has 0 saturated carbocycles. The molecule has 0 atom stereocenters. The number of pyridine rings is 1. The Morgan fingerprint density at radius 2 is 1.79 bits per heavy atom. The zero-order valence-electron chi connectivity index (χ0n) is 16.3. The Morgan fingerprint density at radius 1 is 1.07 bits per heavy atom. The van der Waals surface area contributed by atoms with Crippen molar-refractivity contribution in [2.24, 2.45) is 5.10 Å². The molecule has 0 unspecified atom stereocenters. The highest BCUT2D eigenvalue weighted by atomic mass is 32.2. The van der Waals surface area contributed by atoms with E-state index in [9.17, 15) is 4.79 Å². The largest absolute Gasteiger partial charge is 0.493 e. The lowest BCUT2D eigenvalue weighted by atomic mass is 10.2. The number of amides is 1. The number of hydrazone groups is 1. The summed E-state index contributed by atoms with van der Waals surface area (Å²) in [5.74, 6) is 1.50. The topological polar surface area (TPSA) is 82.0 Å². The van der Waals surface area contributed by atoms with Crippen molar-refractivity contribution in [2.75, 3.05) is 27.1 Å². The molecule has 3 aromatic rings. The molecule has 8 heteroatoms. The number of methoxy groups -OCH3 is 3. The molecule has 0 fully saturated rings. The van der Waals surface area contributed by atoms with E-state index in [-0.39, 0.29) is 11.7 Å². The maximum atomic E-state index is 12.1. The van der Waals surface area contributed by atoms with E-state index in [0.29, 0.717) is 22.8 Å². The smallest absolute Gasteiger partial charge is 0.250 e. The zero-order valence-corrected chi connectivity index (χ0v) is 17.2. The lowest BCUT2D eigenvalue weighted by molar-refractivity contribution is -0.118. The first-order chi connectivity index (χ1) is 14.1. The van der Waals surface area contributed by atoms with E-state index in [2.05, 4.69) is 15.5 Å².